The Balaban J connectivity index is 1.41. The largest absolute Gasteiger partial charge is 0.394 e. The number of fused-ring (bicyclic) bond motifs is 1. The first kappa shape index (κ1) is 24.8. The normalized spacial score (nSPS) is 22.4. The highest BCUT2D eigenvalue weighted by atomic mass is 79.9. The molecular formula is C21H25BrN6O5S. The Morgan fingerprint density at radius 1 is 1.29 bits per heavy atom. The van der Waals surface area contributed by atoms with Crippen molar-refractivity contribution in [3.05, 3.63) is 40.6 Å². The molecule has 11 nitrogen and oxygen atoms in total. The summed E-state index contributed by atoms with van der Waals surface area (Å²) in [6.07, 6.45) is -2.35. The molecule has 1 aromatic carbocycles. The number of ether oxygens (including phenoxy) is 1. The number of imidazole rings is 1. The summed E-state index contributed by atoms with van der Waals surface area (Å²) in [5, 5.41) is 33.4. The van der Waals surface area contributed by atoms with Crippen LogP contribution in [0.4, 0.5) is 5.82 Å². The molecule has 3 aromatic rings. The van der Waals surface area contributed by atoms with Crippen molar-refractivity contribution < 1.29 is 24.9 Å². The van der Waals surface area contributed by atoms with E-state index in [1.54, 1.807) is 0 Å². The minimum atomic E-state index is -1.31. The quantitative estimate of drug-likeness (QED) is 0.237. The van der Waals surface area contributed by atoms with E-state index in [1.165, 1.54) is 22.7 Å². The number of anilines is 1. The number of nitrogen functional groups attached to an aromatic ring is 1. The van der Waals surface area contributed by atoms with E-state index in [-0.39, 0.29) is 18.1 Å². The van der Waals surface area contributed by atoms with E-state index in [1.807, 2.05) is 24.3 Å². The molecule has 0 radical (unpaired) electrons. The highest BCUT2D eigenvalue weighted by molar-refractivity contribution is 9.10. The number of hydrogen-bond acceptors (Lipinski definition) is 10. The molecule has 6 N–H and O–H groups in total. The Morgan fingerprint density at radius 2 is 2.12 bits per heavy atom. The Hall–Kier alpha value is -2.29. The third kappa shape index (κ3) is 5.34. The maximum absolute atomic E-state index is 12.3. The van der Waals surface area contributed by atoms with Crippen molar-refractivity contribution in [1.82, 2.24) is 24.8 Å². The first-order valence-electron chi connectivity index (χ1n) is 10.6. The second kappa shape index (κ2) is 11.0. The van der Waals surface area contributed by atoms with Gasteiger partial charge in [-0.05, 0) is 24.1 Å². The minimum Gasteiger partial charge on any atom is -0.394 e. The number of nitrogens with zero attached hydrogens (tertiary/aromatic N) is 4. The molecule has 0 saturated carbocycles. The lowest BCUT2D eigenvalue weighted by Gasteiger charge is -2.19. The van der Waals surface area contributed by atoms with Gasteiger partial charge in [0.25, 0.3) is 0 Å². The fraction of sp³-hybridized carbons (Fsp3) is 0.429. The highest BCUT2D eigenvalue weighted by Crippen LogP contribution is 2.36. The van der Waals surface area contributed by atoms with Gasteiger partial charge in [-0.25, -0.2) is 15.0 Å². The molecule has 4 atom stereocenters. The number of nitrogens with two attached hydrogens (primary N) is 1. The van der Waals surface area contributed by atoms with Crippen LogP contribution in [0.5, 0.6) is 0 Å². The molecule has 3 heterocycles. The topological polar surface area (TPSA) is 169 Å². The lowest BCUT2D eigenvalue weighted by Crippen LogP contribution is -2.33. The predicted octanol–water partition coefficient (Wildman–Crippen LogP) is 0.624. The zero-order valence-electron chi connectivity index (χ0n) is 18.0. The number of aliphatic hydroxyl groups excluding tert-OH is 3. The Labute approximate surface area is 207 Å². The summed E-state index contributed by atoms with van der Waals surface area (Å²) >= 11 is 4.70. The molecule has 0 aliphatic carbocycles. The standard InChI is InChI=1S/C21H25BrN6O5S/c22-12-3-1-2-11(8-12)4-6-24-14(30)5-7-34-21-27-15-18(23)25-10-26-19(15)28(21)20-17(32)16(31)13(9-29)33-20/h1-3,8,10,13,16-17,20,29,31-32H,4-7,9H2,(H,24,30)(H2,23,25,26)/t13-,16-,17-,20-/m1/s1. The maximum Gasteiger partial charge on any atom is 0.220 e. The number of carbonyl (C=O) groups excluding carboxylic acids is 1. The van der Waals surface area contributed by atoms with Crippen molar-refractivity contribution in [3.8, 4) is 0 Å². The minimum absolute atomic E-state index is 0.0996. The van der Waals surface area contributed by atoms with Crippen LogP contribution >= 0.6 is 27.7 Å². The van der Waals surface area contributed by atoms with E-state index >= 15 is 0 Å². The smallest absolute Gasteiger partial charge is 0.220 e. The molecule has 2 aromatic heterocycles. The van der Waals surface area contributed by atoms with Gasteiger partial charge in [-0.15, -0.1) is 0 Å². The third-order valence-electron chi connectivity index (χ3n) is 5.43. The number of halogens is 1. The second-order valence-electron chi connectivity index (χ2n) is 7.75. The zero-order valence-corrected chi connectivity index (χ0v) is 20.4. The molecule has 1 aliphatic rings. The molecule has 0 spiro atoms. The molecule has 0 unspecified atom stereocenters. The van der Waals surface area contributed by atoms with Crippen LogP contribution in [-0.2, 0) is 16.0 Å². The van der Waals surface area contributed by atoms with E-state index < -0.39 is 31.1 Å². The highest BCUT2D eigenvalue weighted by Gasteiger charge is 2.45. The average Bonchev–Trinajstić information content (AvgIpc) is 3.31. The average molecular weight is 553 g/mol. The molecule has 4 rings (SSSR count). The van der Waals surface area contributed by atoms with Crippen LogP contribution < -0.4 is 11.1 Å². The summed E-state index contributed by atoms with van der Waals surface area (Å²) in [6.45, 7) is 0.0637. The number of rotatable bonds is 9. The predicted molar refractivity (Wildman–Crippen MR) is 129 cm³/mol. The molecule has 1 amide bonds. The van der Waals surface area contributed by atoms with Gasteiger partial charge in [0.2, 0.25) is 5.91 Å². The van der Waals surface area contributed by atoms with Crippen molar-refractivity contribution >= 4 is 50.6 Å². The van der Waals surface area contributed by atoms with Crippen molar-refractivity contribution in [2.45, 2.75) is 42.5 Å². The van der Waals surface area contributed by atoms with Crippen LogP contribution in [0.25, 0.3) is 11.2 Å². The Kier molecular flexibility index (Phi) is 8.01. The summed E-state index contributed by atoms with van der Waals surface area (Å²) < 4.78 is 8.19. The number of benzene rings is 1. The Bertz CT molecular complexity index is 1160. The molecule has 13 heteroatoms. The van der Waals surface area contributed by atoms with Gasteiger partial charge < -0.3 is 31.1 Å². The summed E-state index contributed by atoms with van der Waals surface area (Å²) in [5.41, 5.74) is 7.71. The van der Waals surface area contributed by atoms with E-state index in [2.05, 4.69) is 36.2 Å². The van der Waals surface area contributed by atoms with Crippen molar-refractivity contribution in [2.75, 3.05) is 24.6 Å². The second-order valence-corrected chi connectivity index (χ2v) is 9.73. The van der Waals surface area contributed by atoms with Crippen LogP contribution in [-0.4, -0.2) is 78.0 Å². The van der Waals surface area contributed by atoms with Gasteiger partial charge in [0.05, 0.1) is 6.61 Å². The van der Waals surface area contributed by atoms with E-state index in [0.717, 1.165) is 16.5 Å². The number of carbonyl (C=O) groups is 1. The number of nitrogens with one attached hydrogen (secondary N) is 1. The van der Waals surface area contributed by atoms with Crippen LogP contribution in [0.3, 0.4) is 0 Å². The van der Waals surface area contributed by atoms with Gasteiger partial charge >= 0.3 is 0 Å². The van der Waals surface area contributed by atoms with Crippen LogP contribution in [0.2, 0.25) is 0 Å². The lowest BCUT2D eigenvalue weighted by molar-refractivity contribution is -0.120. The number of hydrogen-bond donors (Lipinski definition) is 5. The zero-order chi connectivity index (χ0) is 24.2. The van der Waals surface area contributed by atoms with E-state index in [9.17, 15) is 20.1 Å². The lowest BCUT2D eigenvalue weighted by atomic mass is 10.1. The van der Waals surface area contributed by atoms with Gasteiger partial charge in [0.1, 0.15) is 24.6 Å². The van der Waals surface area contributed by atoms with Gasteiger partial charge in [-0.3, -0.25) is 9.36 Å². The van der Waals surface area contributed by atoms with E-state index in [0.29, 0.717) is 28.6 Å². The SMILES string of the molecule is Nc1ncnc2c1nc(SCCC(=O)NCCc1cccc(Br)c1)n2[C@@H]1O[C@H](CO)[C@@H](O)[C@H]1O. The number of amides is 1. The van der Waals surface area contributed by atoms with E-state index in [4.69, 9.17) is 10.5 Å². The van der Waals surface area contributed by atoms with Gasteiger partial charge in [0.15, 0.2) is 28.4 Å². The van der Waals surface area contributed by atoms with Gasteiger partial charge in [-0.2, -0.15) is 0 Å². The first-order valence-corrected chi connectivity index (χ1v) is 12.4. The van der Waals surface area contributed by atoms with Crippen LogP contribution in [0.1, 0.15) is 18.2 Å². The van der Waals surface area contributed by atoms with Crippen molar-refractivity contribution in [3.63, 3.8) is 0 Å². The summed E-state index contributed by atoms with van der Waals surface area (Å²) in [6, 6.07) is 7.92. The van der Waals surface area contributed by atoms with Crippen molar-refractivity contribution in [2.24, 2.45) is 0 Å². The number of aliphatic hydroxyl groups is 3. The van der Waals surface area contributed by atoms with Gasteiger partial charge in [0, 0.05) is 23.2 Å². The number of aromatic nitrogens is 4. The van der Waals surface area contributed by atoms with Gasteiger partial charge in [-0.1, -0.05) is 39.8 Å². The third-order valence-corrected chi connectivity index (χ3v) is 6.88. The summed E-state index contributed by atoms with van der Waals surface area (Å²) in [7, 11) is 0. The fourth-order valence-electron chi connectivity index (χ4n) is 3.69. The molecule has 34 heavy (non-hydrogen) atoms. The number of thioether (sulfide) groups is 1. The summed E-state index contributed by atoms with van der Waals surface area (Å²) in [4.78, 5) is 24.9. The fourth-order valence-corrected chi connectivity index (χ4v) is 5.09. The molecule has 1 fully saturated rings. The molecule has 1 saturated heterocycles. The molecule has 182 valence electrons. The first-order chi connectivity index (χ1) is 16.4. The van der Waals surface area contributed by atoms with Crippen LogP contribution in [0.15, 0.2) is 40.2 Å². The monoisotopic (exact) mass is 552 g/mol. The Morgan fingerprint density at radius 3 is 2.85 bits per heavy atom. The summed E-state index contributed by atoms with van der Waals surface area (Å²) in [5.74, 6) is 0.453. The molecule has 1 aliphatic heterocycles. The van der Waals surface area contributed by atoms with Crippen molar-refractivity contribution in [1.29, 1.82) is 0 Å². The molecular weight excluding hydrogens is 528 g/mol. The molecule has 0 bridgehead atoms. The maximum atomic E-state index is 12.3. The van der Waals surface area contributed by atoms with Crippen LogP contribution in [0, 0.1) is 0 Å².